The predicted octanol–water partition coefficient (Wildman–Crippen LogP) is 9.52. The van der Waals surface area contributed by atoms with E-state index in [4.69, 9.17) is 4.74 Å². The van der Waals surface area contributed by atoms with Gasteiger partial charge in [0.05, 0.1) is 12.8 Å². The van der Waals surface area contributed by atoms with Gasteiger partial charge < -0.3 is 20.1 Å². The van der Waals surface area contributed by atoms with Gasteiger partial charge >= 0.3 is 11.9 Å². The van der Waals surface area contributed by atoms with Crippen LogP contribution in [0.4, 0.5) is 0 Å². The first kappa shape index (κ1) is 38.3. The maximum atomic E-state index is 13.2. The van der Waals surface area contributed by atoms with E-state index >= 15 is 0 Å². The first-order chi connectivity index (χ1) is 23.3. The standard InChI is InChI=1S/C44H74N2O4/c1-29(2)31-13-20-44(23-24-45-30-16-25-46(10)26-17-30)22-21-42(8)32(38(31)44)11-12-34-41(7)18-15-35(40(5,6)33(41)14-19-43(34,42)9)50-37(49)28-39(3,4)27-36(47)48/h30-35,38,45H,1,11-28H2,2-10H3,(H,47,48)/t31-,32+,33-,34+,35-,38+,41-,42+,43+,44+/m0/s1. The topological polar surface area (TPSA) is 78.9 Å². The lowest BCUT2D eigenvalue weighted by atomic mass is 9.32. The van der Waals surface area contributed by atoms with Gasteiger partial charge in [-0.05, 0) is 174 Å². The summed E-state index contributed by atoms with van der Waals surface area (Å²) < 4.78 is 6.31. The second-order valence-electron chi connectivity index (χ2n) is 21.1. The molecule has 0 bridgehead atoms. The van der Waals surface area contributed by atoms with Crippen LogP contribution < -0.4 is 5.32 Å². The fourth-order valence-corrected chi connectivity index (χ4v) is 14.7. The van der Waals surface area contributed by atoms with Gasteiger partial charge in [0, 0.05) is 11.5 Å². The maximum absolute atomic E-state index is 13.2. The normalized spacial score (nSPS) is 43.2. The van der Waals surface area contributed by atoms with E-state index in [1.54, 1.807) is 0 Å². The van der Waals surface area contributed by atoms with Crippen molar-refractivity contribution in [2.45, 2.75) is 164 Å². The summed E-state index contributed by atoms with van der Waals surface area (Å²) in [5.74, 6) is 2.29. The number of carboxylic acid groups (broad SMARTS) is 1. The summed E-state index contributed by atoms with van der Waals surface area (Å²) in [6, 6.07) is 0.685. The van der Waals surface area contributed by atoms with Gasteiger partial charge in [0.1, 0.15) is 6.10 Å². The second-order valence-corrected chi connectivity index (χ2v) is 21.1. The number of esters is 1. The first-order valence-corrected chi connectivity index (χ1v) is 20.8. The Hall–Kier alpha value is -1.40. The number of rotatable bonds is 10. The molecule has 2 N–H and O–H groups in total. The molecule has 50 heavy (non-hydrogen) atoms. The van der Waals surface area contributed by atoms with Gasteiger partial charge in [0.2, 0.25) is 0 Å². The van der Waals surface area contributed by atoms with Crippen molar-refractivity contribution in [3.63, 3.8) is 0 Å². The molecule has 1 heterocycles. The number of carbonyl (C=O) groups excluding carboxylic acids is 1. The van der Waals surface area contributed by atoms with Crippen LogP contribution in [0, 0.1) is 62.1 Å². The zero-order chi connectivity index (χ0) is 36.5. The molecule has 6 nitrogen and oxygen atoms in total. The number of hydrogen-bond acceptors (Lipinski definition) is 5. The molecule has 6 rings (SSSR count). The fraction of sp³-hybridized carbons (Fsp3) is 0.909. The molecule has 0 unspecified atom stereocenters. The van der Waals surface area contributed by atoms with Crippen molar-refractivity contribution in [1.29, 1.82) is 0 Å². The van der Waals surface area contributed by atoms with Crippen molar-refractivity contribution in [1.82, 2.24) is 10.2 Å². The lowest BCUT2D eigenvalue weighted by molar-refractivity contribution is -0.250. The van der Waals surface area contributed by atoms with Crippen LogP contribution in [0.15, 0.2) is 12.2 Å². The van der Waals surface area contributed by atoms with E-state index in [2.05, 4.69) is 65.4 Å². The average molecular weight is 695 g/mol. The number of nitrogens with zero attached hydrogens (tertiary/aromatic N) is 1. The quantitative estimate of drug-likeness (QED) is 0.175. The molecule has 1 saturated heterocycles. The largest absolute Gasteiger partial charge is 0.481 e. The van der Waals surface area contributed by atoms with E-state index in [-0.39, 0.29) is 35.7 Å². The minimum atomic E-state index is -0.864. The summed E-state index contributed by atoms with van der Waals surface area (Å²) in [6.07, 6.45) is 16.6. The molecule has 0 aromatic carbocycles. The van der Waals surface area contributed by atoms with Gasteiger partial charge in [-0.15, -0.1) is 0 Å². The number of aliphatic carboxylic acids is 1. The zero-order valence-corrected chi connectivity index (χ0v) is 33.6. The van der Waals surface area contributed by atoms with Gasteiger partial charge in [-0.3, -0.25) is 9.59 Å². The van der Waals surface area contributed by atoms with E-state index < -0.39 is 11.4 Å². The van der Waals surface area contributed by atoms with Crippen LogP contribution in [0.3, 0.4) is 0 Å². The minimum absolute atomic E-state index is 0.0265. The summed E-state index contributed by atoms with van der Waals surface area (Å²) in [7, 11) is 2.26. The Balaban J connectivity index is 1.19. The number of carboxylic acids is 1. The van der Waals surface area contributed by atoms with E-state index in [0.717, 1.165) is 24.7 Å². The number of piperidine rings is 1. The van der Waals surface area contributed by atoms with Gasteiger partial charge in [-0.25, -0.2) is 0 Å². The minimum Gasteiger partial charge on any atom is -0.481 e. The lowest BCUT2D eigenvalue weighted by Gasteiger charge is -2.73. The molecule has 6 aliphatic rings. The Kier molecular flexibility index (Phi) is 10.3. The smallest absolute Gasteiger partial charge is 0.306 e. The number of nitrogens with one attached hydrogen (secondary N) is 1. The third kappa shape index (κ3) is 6.45. The number of likely N-dealkylation sites (tertiary alicyclic amines) is 1. The molecular formula is C44H74N2O4. The Morgan fingerprint density at radius 3 is 2.22 bits per heavy atom. The van der Waals surface area contributed by atoms with Gasteiger partial charge in [-0.2, -0.15) is 0 Å². The van der Waals surface area contributed by atoms with E-state index in [1.807, 2.05) is 13.8 Å². The highest BCUT2D eigenvalue weighted by molar-refractivity contribution is 5.73. The highest BCUT2D eigenvalue weighted by Gasteiger charge is 2.71. The molecule has 0 aromatic rings. The molecule has 6 fully saturated rings. The molecule has 0 amide bonds. The van der Waals surface area contributed by atoms with Crippen molar-refractivity contribution in [3.8, 4) is 0 Å². The third-order valence-electron chi connectivity index (χ3n) is 17.5. The summed E-state index contributed by atoms with van der Waals surface area (Å²) >= 11 is 0. The molecule has 5 saturated carbocycles. The molecule has 0 aromatic heterocycles. The Morgan fingerprint density at radius 1 is 0.860 bits per heavy atom. The van der Waals surface area contributed by atoms with E-state index in [1.165, 1.54) is 95.8 Å². The zero-order valence-electron chi connectivity index (χ0n) is 33.6. The summed E-state index contributed by atoms with van der Waals surface area (Å²) in [4.78, 5) is 27.1. The average Bonchev–Trinajstić information content (AvgIpc) is 3.39. The first-order valence-electron chi connectivity index (χ1n) is 20.8. The second kappa shape index (κ2) is 13.5. The maximum Gasteiger partial charge on any atom is 0.306 e. The summed E-state index contributed by atoms with van der Waals surface area (Å²) in [5, 5.41) is 13.4. The highest BCUT2D eigenvalue weighted by atomic mass is 16.5. The molecule has 6 heteroatoms. The SMILES string of the molecule is C=C(C)[C@@H]1CC[C@]2(CCNC3CCN(C)CC3)CC[C@]3(C)[C@H](CC[C@@H]4[C@@]5(C)CC[C@H](OC(=O)CC(C)(C)CC(=O)O)C(C)(C)[C@@H]5CC[C@]43C)[C@@H]12. The van der Waals surface area contributed by atoms with Crippen LogP contribution in [0.5, 0.6) is 0 Å². The third-order valence-corrected chi connectivity index (χ3v) is 17.5. The molecule has 0 spiro atoms. The van der Waals surface area contributed by atoms with E-state index in [9.17, 15) is 14.7 Å². The van der Waals surface area contributed by atoms with Crippen LogP contribution in [-0.2, 0) is 14.3 Å². The number of ether oxygens (including phenoxy) is 1. The van der Waals surface area contributed by atoms with Crippen molar-refractivity contribution >= 4 is 11.9 Å². The van der Waals surface area contributed by atoms with Crippen LogP contribution in [0.25, 0.3) is 0 Å². The predicted molar refractivity (Wildman–Crippen MR) is 203 cm³/mol. The Labute approximate surface area is 305 Å². The van der Waals surface area contributed by atoms with Gasteiger partial charge in [-0.1, -0.05) is 60.6 Å². The Bertz CT molecular complexity index is 1300. The molecule has 1 aliphatic heterocycles. The number of carbonyl (C=O) groups is 2. The molecule has 10 atom stereocenters. The van der Waals surface area contributed by atoms with Crippen LogP contribution in [-0.4, -0.2) is 60.8 Å². The summed E-state index contributed by atoms with van der Waals surface area (Å²) in [5.41, 5.74) is 2.04. The van der Waals surface area contributed by atoms with Crippen LogP contribution in [0.1, 0.15) is 152 Å². The molecule has 5 aliphatic carbocycles. The number of hydrogen-bond donors (Lipinski definition) is 2. The summed E-state index contributed by atoms with van der Waals surface area (Å²) in [6.45, 7) is 27.2. The van der Waals surface area contributed by atoms with Crippen molar-refractivity contribution in [2.75, 3.05) is 26.7 Å². The van der Waals surface area contributed by atoms with Gasteiger partial charge in [0.25, 0.3) is 0 Å². The lowest BCUT2D eigenvalue weighted by Crippen LogP contribution is -2.66. The molecular weight excluding hydrogens is 620 g/mol. The fourth-order valence-electron chi connectivity index (χ4n) is 14.7. The molecule has 0 radical (unpaired) electrons. The van der Waals surface area contributed by atoms with Crippen molar-refractivity contribution < 1.29 is 19.4 Å². The molecule has 284 valence electrons. The highest BCUT2D eigenvalue weighted by Crippen LogP contribution is 2.78. The Morgan fingerprint density at radius 2 is 1.56 bits per heavy atom. The van der Waals surface area contributed by atoms with E-state index in [0.29, 0.717) is 40.0 Å². The van der Waals surface area contributed by atoms with Crippen LogP contribution in [0.2, 0.25) is 0 Å². The van der Waals surface area contributed by atoms with Crippen molar-refractivity contribution in [2.24, 2.45) is 62.1 Å². The van der Waals surface area contributed by atoms with Gasteiger partial charge in [0.15, 0.2) is 0 Å². The monoisotopic (exact) mass is 695 g/mol. The number of allylic oxidation sites excluding steroid dienone is 1. The number of fused-ring (bicyclic) bond motifs is 7. The van der Waals surface area contributed by atoms with Crippen molar-refractivity contribution in [3.05, 3.63) is 12.2 Å². The van der Waals surface area contributed by atoms with Crippen LogP contribution >= 0.6 is 0 Å².